The van der Waals surface area contributed by atoms with Gasteiger partial charge in [-0.15, -0.1) is 0 Å². The Bertz CT molecular complexity index is 440. The lowest BCUT2D eigenvalue weighted by atomic mass is 9.67. The summed E-state index contributed by atoms with van der Waals surface area (Å²) in [4.78, 5) is 0. The second-order valence-electron chi connectivity index (χ2n) is 7.07. The summed E-state index contributed by atoms with van der Waals surface area (Å²) >= 11 is 0. The molecule has 0 heterocycles. The molecule has 1 nitrogen and oxygen atoms in total. The molecule has 1 fully saturated rings. The van der Waals surface area contributed by atoms with Crippen LogP contribution in [0.4, 0.5) is 0 Å². The fourth-order valence-electron chi connectivity index (χ4n) is 3.84. The molecule has 106 valence electrons. The van der Waals surface area contributed by atoms with Crippen LogP contribution >= 0.6 is 0 Å². The lowest BCUT2D eigenvalue weighted by Crippen LogP contribution is -2.52. The molecule has 1 aliphatic rings. The first-order chi connectivity index (χ1) is 8.82. The summed E-state index contributed by atoms with van der Waals surface area (Å²) in [6.07, 6.45) is 4.82. The molecule has 1 aromatic rings. The first-order valence-corrected chi connectivity index (χ1v) is 7.67. The molecule has 0 saturated heterocycles. The Hall–Kier alpha value is -0.820. The van der Waals surface area contributed by atoms with E-state index in [2.05, 4.69) is 46.8 Å². The van der Waals surface area contributed by atoms with Gasteiger partial charge >= 0.3 is 0 Å². The van der Waals surface area contributed by atoms with Gasteiger partial charge in [0.2, 0.25) is 0 Å². The number of aryl methyl sites for hydroxylation is 3. The van der Waals surface area contributed by atoms with Crippen molar-refractivity contribution < 1.29 is 0 Å². The van der Waals surface area contributed by atoms with Crippen molar-refractivity contribution in [2.45, 2.75) is 65.8 Å². The molecule has 2 rings (SSSR count). The normalized spacial score (nSPS) is 31.5. The van der Waals surface area contributed by atoms with E-state index in [0.717, 1.165) is 12.3 Å². The van der Waals surface area contributed by atoms with Gasteiger partial charge in [-0.3, -0.25) is 0 Å². The molecule has 3 unspecified atom stereocenters. The average molecular weight is 259 g/mol. The van der Waals surface area contributed by atoms with Gasteiger partial charge in [0.25, 0.3) is 0 Å². The van der Waals surface area contributed by atoms with Crippen molar-refractivity contribution in [2.75, 3.05) is 0 Å². The van der Waals surface area contributed by atoms with Gasteiger partial charge in [0.1, 0.15) is 0 Å². The summed E-state index contributed by atoms with van der Waals surface area (Å²) in [6, 6.07) is 4.59. The van der Waals surface area contributed by atoms with Crippen LogP contribution in [0.5, 0.6) is 0 Å². The van der Waals surface area contributed by atoms with E-state index in [1.54, 1.807) is 0 Å². The lowest BCUT2D eigenvalue weighted by Gasteiger charge is -2.43. The van der Waals surface area contributed by atoms with E-state index >= 15 is 0 Å². The Balaban J connectivity index is 2.29. The Morgan fingerprint density at radius 2 is 1.68 bits per heavy atom. The van der Waals surface area contributed by atoms with Crippen LogP contribution in [0.25, 0.3) is 0 Å². The highest BCUT2D eigenvalue weighted by atomic mass is 14.8. The summed E-state index contributed by atoms with van der Waals surface area (Å²) < 4.78 is 0. The highest BCUT2D eigenvalue weighted by molar-refractivity contribution is 5.38. The number of hydrogen-bond donors (Lipinski definition) is 1. The summed E-state index contributed by atoms with van der Waals surface area (Å²) in [6.45, 7) is 11.3. The van der Waals surface area contributed by atoms with E-state index in [0.29, 0.717) is 5.92 Å². The topological polar surface area (TPSA) is 26.0 Å². The van der Waals surface area contributed by atoms with Crippen LogP contribution in [0.15, 0.2) is 12.1 Å². The predicted octanol–water partition coefficient (Wildman–Crippen LogP) is 4.31. The molecule has 19 heavy (non-hydrogen) atoms. The van der Waals surface area contributed by atoms with Crippen molar-refractivity contribution >= 4 is 0 Å². The van der Waals surface area contributed by atoms with Gasteiger partial charge in [-0.05, 0) is 68.6 Å². The van der Waals surface area contributed by atoms with E-state index < -0.39 is 0 Å². The SMILES string of the molecule is Cc1cc(C)c(CC2(N)CC(C)CCC2C)c(C)c1. The fourth-order valence-corrected chi connectivity index (χ4v) is 3.84. The summed E-state index contributed by atoms with van der Waals surface area (Å²) in [5.41, 5.74) is 12.4. The Kier molecular flexibility index (Phi) is 4.06. The van der Waals surface area contributed by atoms with Crippen molar-refractivity contribution in [3.05, 3.63) is 34.4 Å². The predicted molar refractivity (Wildman–Crippen MR) is 83.5 cm³/mol. The third-order valence-electron chi connectivity index (χ3n) is 5.15. The van der Waals surface area contributed by atoms with Gasteiger partial charge in [-0.2, -0.15) is 0 Å². The molecule has 0 bridgehead atoms. The second kappa shape index (κ2) is 5.28. The maximum Gasteiger partial charge on any atom is 0.0223 e. The largest absolute Gasteiger partial charge is 0.325 e. The molecule has 0 amide bonds. The quantitative estimate of drug-likeness (QED) is 0.841. The highest BCUT2D eigenvalue weighted by Gasteiger charge is 2.37. The highest BCUT2D eigenvalue weighted by Crippen LogP contribution is 2.38. The molecule has 0 aromatic heterocycles. The maximum absolute atomic E-state index is 6.80. The smallest absolute Gasteiger partial charge is 0.0223 e. The standard InChI is InChI=1S/C18H29N/c1-12-6-7-16(5)18(19,10-12)11-17-14(3)8-13(2)9-15(17)4/h8-9,12,16H,6-7,10-11,19H2,1-5H3. The maximum atomic E-state index is 6.80. The second-order valence-corrected chi connectivity index (χ2v) is 7.07. The Morgan fingerprint density at radius 1 is 1.11 bits per heavy atom. The van der Waals surface area contributed by atoms with Crippen LogP contribution in [0.2, 0.25) is 0 Å². The zero-order chi connectivity index (χ0) is 14.2. The number of hydrogen-bond acceptors (Lipinski definition) is 1. The van der Waals surface area contributed by atoms with Crippen LogP contribution in [0.3, 0.4) is 0 Å². The number of benzene rings is 1. The van der Waals surface area contributed by atoms with Crippen LogP contribution in [0.1, 0.15) is 55.4 Å². The zero-order valence-electron chi connectivity index (χ0n) is 13.2. The van der Waals surface area contributed by atoms with Crippen LogP contribution < -0.4 is 5.73 Å². The van der Waals surface area contributed by atoms with Crippen molar-refractivity contribution in [1.29, 1.82) is 0 Å². The Labute approximate surface area is 118 Å². The van der Waals surface area contributed by atoms with Crippen molar-refractivity contribution in [2.24, 2.45) is 17.6 Å². The molecular weight excluding hydrogens is 230 g/mol. The van der Waals surface area contributed by atoms with Crippen LogP contribution in [0, 0.1) is 32.6 Å². The molecule has 0 spiro atoms. The van der Waals surface area contributed by atoms with E-state index in [-0.39, 0.29) is 5.54 Å². The van der Waals surface area contributed by atoms with Crippen molar-refractivity contribution in [3.63, 3.8) is 0 Å². The van der Waals surface area contributed by atoms with E-state index in [9.17, 15) is 0 Å². The fraction of sp³-hybridized carbons (Fsp3) is 0.667. The minimum Gasteiger partial charge on any atom is -0.325 e. The first kappa shape index (κ1) is 14.6. The van der Waals surface area contributed by atoms with Crippen LogP contribution in [-0.2, 0) is 6.42 Å². The van der Waals surface area contributed by atoms with Gasteiger partial charge in [0.05, 0.1) is 0 Å². The number of nitrogens with two attached hydrogens (primary N) is 1. The van der Waals surface area contributed by atoms with Gasteiger partial charge in [-0.25, -0.2) is 0 Å². The summed E-state index contributed by atoms with van der Waals surface area (Å²) in [7, 11) is 0. The van der Waals surface area contributed by atoms with Crippen molar-refractivity contribution in [3.8, 4) is 0 Å². The number of rotatable bonds is 2. The molecule has 1 aliphatic carbocycles. The Morgan fingerprint density at radius 3 is 2.26 bits per heavy atom. The molecule has 2 N–H and O–H groups in total. The molecule has 1 aromatic carbocycles. The lowest BCUT2D eigenvalue weighted by molar-refractivity contribution is 0.160. The minimum absolute atomic E-state index is 0.0115. The van der Waals surface area contributed by atoms with Crippen molar-refractivity contribution in [1.82, 2.24) is 0 Å². The molecular formula is C18H29N. The van der Waals surface area contributed by atoms with E-state index in [4.69, 9.17) is 5.73 Å². The molecule has 0 radical (unpaired) electrons. The monoisotopic (exact) mass is 259 g/mol. The first-order valence-electron chi connectivity index (χ1n) is 7.67. The van der Waals surface area contributed by atoms with Gasteiger partial charge < -0.3 is 5.73 Å². The van der Waals surface area contributed by atoms with E-state index in [1.807, 2.05) is 0 Å². The third-order valence-corrected chi connectivity index (χ3v) is 5.15. The van der Waals surface area contributed by atoms with Gasteiger partial charge in [-0.1, -0.05) is 38.0 Å². The van der Waals surface area contributed by atoms with E-state index in [1.165, 1.54) is 41.5 Å². The average Bonchev–Trinajstić information content (AvgIpc) is 2.29. The summed E-state index contributed by atoms with van der Waals surface area (Å²) in [5.74, 6) is 1.40. The molecule has 0 aliphatic heterocycles. The summed E-state index contributed by atoms with van der Waals surface area (Å²) in [5, 5.41) is 0. The molecule has 1 heteroatoms. The van der Waals surface area contributed by atoms with Crippen LogP contribution in [-0.4, -0.2) is 5.54 Å². The van der Waals surface area contributed by atoms with Gasteiger partial charge in [0, 0.05) is 5.54 Å². The zero-order valence-corrected chi connectivity index (χ0v) is 13.2. The molecule has 1 saturated carbocycles. The molecule has 3 atom stereocenters. The van der Waals surface area contributed by atoms with Gasteiger partial charge in [0.15, 0.2) is 0 Å². The third kappa shape index (κ3) is 3.02. The minimum atomic E-state index is -0.0115.